The Balaban J connectivity index is 2.21. The zero-order valence-electron chi connectivity index (χ0n) is 5.61. The minimum absolute atomic E-state index is 0.676. The van der Waals surface area contributed by atoms with Gasteiger partial charge in [-0.3, -0.25) is 5.01 Å². The molecule has 3 heteroatoms. The lowest BCUT2D eigenvalue weighted by Crippen LogP contribution is -2.62. The SMILES string of the molecule is CC1C2SC=NN1C2C. The fourth-order valence-electron chi connectivity index (χ4n) is 1.56. The van der Waals surface area contributed by atoms with Crippen LogP contribution in [0.2, 0.25) is 0 Å². The molecule has 0 aromatic heterocycles. The van der Waals surface area contributed by atoms with Gasteiger partial charge >= 0.3 is 0 Å². The first-order valence-electron chi connectivity index (χ1n) is 3.27. The molecular formula is C6H10N2S. The quantitative estimate of drug-likeness (QED) is 0.504. The van der Waals surface area contributed by atoms with Crippen LogP contribution in [0.3, 0.4) is 0 Å². The van der Waals surface area contributed by atoms with Crippen molar-refractivity contribution in [1.29, 1.82) is 0 Å². The molecule has 3 aliphatic rings. The van der Waals surface area contributed by atoms with Gasteiger partial charge in [0.25, 0.3) is 0 Å². The van der Waals surface area contributed by atoms with Crippen LogP contribution < -0.4 is 0 Å². The molecule has 9 heavy (non-hydrogen) atoms. The van der Waals surface area contributed by atoms with Crippen molar-refractivity contribution in [1.82, 2.24) is 5.01 Å². The molecule has 0 N–H and O–H groups in total. The summed E-state index contributed by atoms with van der Waals surface area (Å²) in [5, 5.41) is 7.20. The van der Waals surface area contributed by atoms with Crippen molar-refractivity contribution < 1.29 is 0 Å². The van der Waals surface area contributed by atoms with E-state index in [4.69, 9.17) is 0 Å². The fraction of sp³-hybridized carbons (Fsp3) is 0.833. The van der Waals surface area contributed by atoms with Crippen molar-refractivity contribution in [2.75, 3.05) is 0 Å². The Labute approximate surface area is 59.3 Å². The summed E-state index contributed by atoms with van der Waals surface area (Å²) in [6.07, 6.45) is 0. The van der Waals surface area contributed by atoms with E-state index in [2.05, 4.69) is 24.0 Å². The van der Waals surface area contributed by atoms with E-state index in [0.29, 0.717) is 12.1 Å². The fourth-order valence-corrected chi connectivity index (χ4v) is 2.57. The number of hydrogen-bond acceptors (Lipinski definition) is 3. The molecule has 0 spiro atoms. The third kappa shape index (κ3) is 0.556. The lowest BCUT2D eigenvalue weighted by molar-refractivity contribution is 0.0496. The number of rotatable bonds is 0. The zero-order chi connectivity index (χ0) is 6.43. The number of hydrogen-bond donors (Lipinski definition) is 0. The summed E-state index contributed by atoms with van der Waals surface area (Å²) in [4.78, 5) is 0. The van der Waals surface area contributed by atoms with Crippen LogP contribution in [-0.2, 0) is 0 Å². The first kappa shape index (κ1) is 5.59. The summed E-state index contributed by atoms with van der Waals surface area (Å²) in [6.45, 7) is 4.46. The smallest absolute Gasteiger partial charge is 0.0804 e. The molecule has 0 aromatic carbocycles. The van der Waals surface area contributed by atoms with Crippen molar-refractivity contribution in [2.24, 2.45) is 5.10 Å². The minimum Gasteiger partial charge on any atom is -0.289 e. The van der Waals surface area contributed by atoms with Gasteiger partial charge in [-0.25, -0.2) is 0 Å². The molecule has 2 unspecified atom stereocenters. The van der Waals surface area contributed by atoms with Gasteiger partial charge in [-0.05, 0) is 13.8 Å². The molecule has 50 valence electrons. The van der Waals surface area contributed by atoms with Gasteiger partial charge in [0, 0.05) is 0 Å². The Morgan fingerprint density at radius 2 is 2.11 bits per heavy atom. The van der Waals surface area contributed by atoms with E-state index in [1.165, 1.54) is 0 Å². The maximum absolute atomic E-state index is 4.23. The Kier molecular flexibility index (Phi) is 1.03. The number of nitrogens with zero attached hydrogens (tertiary/aromatic N) is 2. The number of fused-ring (bicyclic) bond motifs is 1. The summed E-state index contributed by atoms with van der Waals surface area (Å²) >= 11 is 1.87. The maximum Gasteiger partial charge on any atom is 0.0804 e. The van der Waals surface area contributed by atoms with Gasteiger partial charge in [0.05, 0.1) is 22.9 Å². The monoisotopic (exact) mass is 142 g/mol. The Morgan fingerprint density at radius 3 is 2.33 bits per heavy atom. The van der Waals surface area contributed by atoms with Gasteiger partial charge in [-0.15, -0.1) is 11.8 Å². The lowest BCUT2D eigenvalue weighted by atomic mass is 9.98. The predicted octanol–water partition coefficient (Wildman–Crippen LogP) is 1.14. The van der Waals surface area contributed by atoms with Crippen molar-refractivity contribution in [3.63, 3.8) is 0 Å². The van der Waals surface area contributed by atoms with Crippen LogP contribution in [0.5, 0.6) is 0 Å². The largest absolute Gasteiger partial charge is 0.289 e. The molecule has 2 bridgehead atoms. The summed E-state index contributed by atoms with van der Waals surface area (Å²) in [7, 11) is 0. The van der Waals surface area contributed by atoms with Gasteiger partial charge < -0.3 is 0 Å². The van der Waals surface area contributed by atoms with Crippen molar-refractivity contribution >= 4 is 17.3 Å². The molecule has 3 heterocycles. The van der Waals surface area contributed by atoms with E-state index in [1.807, 2.05) is 17.3 Å². The molecule has 0 aromatic rings. The molecule has 3 rings (SSSR count). The van der Waals surface area contributed by atoms with Crippen LogP contribution in [-0.4, -0.2) is 27.9 Å². The first-order chi connectivity index (χ1) is 4.30. The summed E-state index contributed by atoms with van der Waals surface area (Å²) in [5.74, 6) is 0. The average molecular weight is 142 g/mol. The third-order valence-electron chi connectivity index (χ3n) is 2.18. The standard InChI is InChI=1S/C6H10N2S/c1-4-6-5(2)8(4)7-3-9-6/h3-6H,1-2H3. The second kappa shape index (κ2) is 1.66. The highest BCUT2D eigenvalue weighted by atomic mass is 32.2. The molecule has 0 amide bonds. The second-order valence-electron chi connectivity index (χ2n) is 2.68. The zero-order valence-corrected chi connectivity index (χ0v) is 6.43. The maximum atomic E-state index is 4.23. The molecular weight excluding hydrogens is 132 g/mol. The average Bonchev–Trinajstić information content (AvgIpc) is 1.91. The molecule has 2 atom stereocenters. The minimum atomic E-state index is 0.676. The van der Waals surface area contributed by atoms with Gasteiger partial charge in [0.1, 0.15) is 0 Å². The molecule has 0 radical (unpaired) electrons. The highest BCUT2D eigenvalue weighted by Crippen LogP contribution is 2.38. The van der Waals surface area contributed by atoms with Crippen LogP contribution in [0.1, 0.15) is 13.8 Å². The van der Waals surface area contributed by atoms with Crippen molar-refractivity contribution in [3.8, 4) is 0 Å². The highest BCUT2D eigenvalue weighted by molar-refractivity contribution is 8.12. The molecule has 0 aliphatic carbocycles. The third-order valence-corrected chi connectivity index (χ3v) is 3.50. The summed E-state index contributed by atoms with van der Waals surface area (Å²) < 4.78 is 0. The molecule has 0 saturated carbocycles. The molecule has 1 fully saturated rings. The van der Waals surface area contributed by atoms with E-state index in [1.54, 1.807) is 0 Å². The Bertz CT molecular complexity index is 147. The van der Waals surface area contributed by atoms with E-state index < -0.39 is 0 Å². The van der Waals surface area contributed by atoms with Crippen LogP contribution in [0.25, 0.3) is 0 Å². The lowest BCUT2D eigenvalue weighted by Gasteiger charge is -2.52. The van der Waals surface area contributed by atoms with Gasteiger partial charge in [0.2, 0.25) is 0 Å². The van der Waals surface area contributed by atoms with Gasteiger partial charge in [0.15, 0.2) is 0 Å². The Hall–Kier alpha value is -0.180. The van der Waals surface area contributed by atoms with Crippen LogP contribution in [0.4, 0.5) is 0 Å². The Morgan fingerprint density at radius 1 is 1.44 bits per heavy atom. The molecule has 2 nitrogen and oxygen atoms in total. The second-order valence-corrected chi connectivity index (χ2v) is 3.71. The highest BCUT2D eigenvalue weighted by Gasteiger charge is 2.44. The summed E-state index contributed by atoms with van der Waals surface area (Å²) in [5.41, 5.74) is 1.95. The molecule has 1 saturated heterocycles. The van der Waals surface area contributed by atoms with Crippen LogP contribution in [0, 0.1) is 0 Å². The van der Waals surface area contributed by atoms with Crippen molar-refractivity contribution in [3.05, 3.63) is 0 Å². The van der Waals surface area contributed by atoms with E-state index >= 15 is 0 Å². The predicted molar refractivity (Wildman–Crippen MR) is 40.6 cm³/mol. The van der Waals surface area contributed by atoms with Gasteiger partial charge in [-0.1, -0.05) is 0 Å². The van der Waals surface area contributed by atoms with Crippen molar-refractivity contribution in [2.45, 2.75) is 31.2 Å². The van der Waals surface area contributed by atoms with Crippen LogP contribution >= 0.6 is 11.8 Å². The van der Waals surface area contributed by atoms with E-state index in [0.717, 1.165) is 5.25 Å². The van der Waals surface area contributed by atoms with E-state index in [-0.39, 0.29) is 0 Å². The van der Waals surface area contributed by atoms with Gasteiger partial charge in [-0.2, -0.15) is 5.10 Å². The normalized spacial score (nSPS) is 46.9. The first-order valence-corrected chi connectivity index (χ1v) is 4.21. The summed E-state index contributed by atoms with van der Waals surface area (Å²) in [6, 6.07) is 1.35. The van der Waals surface area contributed by atoms with Crippen LogP contribution in [0.15, 0.2) is 5.10 Å². The number of thioether (sulfide) groups is 1. The topological polar surface area (TPSA) is 15.6 Å². The van der Waals surface area contributed by atoms with E-state index in [9.17, 15) is 0 Å². The molecule has 3 aliphatic heterocycles. The number of hydrazone groups is 1.